The molecule has 0 aliphatic carbocycles. The molecule has 2 aromatic rings. The van der Waals surface area contributed by atoms with Crippen LogP contribution in [0.25, 0.3) is 5.65 Å². The van der Waals surface area contributed by atoms with Crippen LogP contribution >= 0.6 is 0 Å². The van der Waals surface area contributed by atoms with Gasteiger partial charge in [-0.15, -0.1) is 0 Å². The fourth-order valence-corrected chi connectivity index (χ4v) is 4.48. The van der Waals surface area contributed by atoms with E-state index in [-0.39, 0.29) is 11.8 Å². The fourth-order valence-electron chi connectivity index (χ4n) is 4.48. The number of hydrogen-bond acceptors (Lipinski definition) is 5. The number of carbonyl (C=O) groups is 2. The molecule has 0 saturated carbocycles. The van der Waals surface area contributed by atoms with Crippen molar-refractivity contribution in [3.63, 3.8) is 0 Å². The first-order valence-electron chi connectivity index (χ1n) is 9.48. The van der Waals surface area contributed by atoms with Crippen molar-refractivity contribution < 1.29 is 14.3 Å². The summed E-state index contributed by atoms with van der Waals surface area (Å²) in [4.78, 5) is 34.7. The number of carbonyl (C=O) groups excluding carboxylic acids is 2. The average molecular weight is 371 g/mol. The lowest BCUT2D eigenvalue weighted by molar-refractivity contribution is -0.146. The molecule has 27 heavy (non-hydrogen) atoms. The number of methoxy groups -OCH3 is 1. The predicted molar refractivity (Wildman–Crippen MR) is 98.4 cm³/mol. The lowest BCUT2D eigenvalue weighted by Crippen LogP contribution is -2.61. The summed E-state index contributed by atoms with van der Waals surface area (Å²) in [6.07, 6.45) is 6.45. The number of likely N-dealkylation sites (tertiary alicyclic amines) is 2. The highest BCUT2D eigenvalue weighted by molar-refractivity contribution is 6.00. The van der Waals surface area contributed by atoms with Gasteiger partial charge in [0.2, 0.25) is 5.91 Å². The standard InChI is InChI=1S/C19H25N5O3/c1-14-15(13-20-16-5-8-21-24(14)16)17(25)23-10-4-7-19(23)6-3-9-22(18(19)26)11-12-27-2/h5,8,13H,3-4,6-7,9-12H2,1-2H3. The number of piperidine rings is 1. The molecule has 2 aliphatic rings. The Morgan fingerprint density at radius 1 is 1.30 bits per heavy atom. The number of aryl methyl sites for hydroxylation is 1. The number of ether oxygens (including phenoxy) is 1. The normalized spacial score (nSPS) is 23.0. The van der Waals surface area contributed by atoms with Crippen molar-refractivity contribution in [2.45, 2.75) is 38.1 Å². The van der Waals surface area contributed by atoms with Crippen molar-refractivity contribution in [3.8, 4) is 0 Å². The molecule has 2 saturated heterocycles. The minimum Gasteiger partial charge on any atom is -0.383 e. The molecule has 1 spiro atoms. The van der Waals surface area contributed by atoms with E-state index in [1.807, 2.05) is 11.8 Å². The molecular formula is C19H25N5O3. The number of amides is 2. The average Bonchev–Trinajstić information content (AvgIpc) is 3.31. The van der Waals surface area contributed by atoms with Gasteiger partial charge in [0.1, 0.15) is 5.54 Å². The van der Waals surface area contributed by atoms with Crippen molar-refractivity contribution in [2.75, 3.05) is 33.4 Å². The zero-order valence-electron chi connectivity index (χ0n) is 15.8. The summed E-state index contributed by atoms with van der Waals surface area (Å²) in [6.45, 7) is 4.27. The summed E-state index contributed by atoms with van der Waals surface area (Å²) in [7, 11) is 1.64. The predicted octanol–water partition coefficient (Wildman–Crippen LogP) is 1.28. The molecule has 1 unspecified atom stereocenters. The molecule has 4 heterocycles. The Kier molecular flexibility index (Phi) is 4.59. The van der Waals surface area contributed by atoms with Gasteiger partial charge in [-0.2, -0.15) is 5.10 Å². The Bertz CT molecular complexity index is 879. The quantitative estimate of drug-likeness (QED) is 0.809. The second-order valence-corrected chi connectivity index (χ2v) is 7.34. The van der Waals surface area contributed by atoms with Crippen molar-refractivity contribution >= 4 is 17.5 Å². The molecule has 8 nitrogen and oxygen atoms in total. The summed E-state index contributed by atoms with van der Waals surface area (Å²) < 4.78 is 6.81. The van der Waals surface area contributed by atoms with Crippen LogP contribution in [0.1, 0.15) is 41.7 Å². The second-order valence-electron chi connectivity index (χ2n) is 7.34. The van der Waals surface area contributed by atoms with Crippen molar-refractivity contribution in [2.24, 2.45) is 0 Å². The molecule has 2 aliphatic heterocycles. The lowest BCUT2D eigenvalue weighted by atomic mass is 9.85. The summed E-state index contributed by atoms with van der Waals surface area (Å²) in [5.41, 5.74) is 1.24. The van der Waals surface area contributed by atoms with E-state index in [0.29, 0.717) is 30.9 Å². The third kappa shape index (κ3) is 2.79. The highest BCUT2D eigenvalue weighted by Gasteiger charge is 2.52. The smallest absolute Gasteiger partial charge is 0.258 e. The number of rotatable bonds is 4. The highest BCUT2D eigenvalue weighted by atomic mass is 16.5. The molecule has 1 atom stereocenters. The minimum atomic E-state index is -0.728. The Morgan fingerprint density at radius 3 is 2.85 bits per heavy atom. The molecule has 2 amide bonds. The van der Waals surface area contributed by atoms with Gasteiger partial charge in [-0.3, -0.25) is 9.59 Å². The zero-order chi connectivity index (χ0) is 19.0. The van der Waals surface area contributed by atoms with Crippen LogP contribution in [0.5, 0.6) is 0 Å². The molecule has 0 bridgehead atoms. The van der Waals surface area contributed by atoms with E-state index in [2.05, 4.69) is 10.1 Å². The second kappa shape index (κ2) is 6.92. The molecule has 8 heteroatoms. The van der Waals surface area contributed by atoms with Gasteiger partial charge in [0, 0.05) is 39.0 Å². The largest absolute Gasteiger partial charge is 0.383 e. The van der Waals surface area contributed by atoms with Gasteiger partial charge >= 0.3 is 0 Å². The maximum Gasteiger partial charge on any atom is 0.258 e. The summed E-state index contributed by atoms with van der Waals surface area (Å²) in [6, 6.07) is 1.80. The summed E-state index contributed by atoms with van der Waals surface area (Å²) in [5, 5.41) is 4.25. The summed E-state index contributed by atoms with van der Waals surface area (Å²) >= 11 is 0. The van der Waals surface area contributed by atoms with Gasteiger partial charge < -0.3 is 14.5 Å². The van der Waals surface area contributed by atoms with E-state index in [1.54, 1.807) is 35.0 Å². The van der Waals surface area contributed by atoms with Gasteiger partial charge in [-0.1, -0.05) is 0 Å². The Labute approximate surface area is 158 Å². The SMILES string of the molecule is COCCN1CCCC2(CCCN2C(=O)c2cnc3ccnn3c2C)C1=O. The van der Waals surface area contributed by atoms with Gasteiger partial charge in [-0.25, -0.2) is 9.50 Å². The van der Waals surface area contributed by atoms with Crippen LogP contribution in [0.3, 0.4) is 0 Å². The third-order valence-corrected chi connectivity index (χ3v) is 5.89. The fraction of sp³-hybridized carbons (Fsp3) is 0.579. The van der Waals surface area contributed by atoms with E-state index in [0.717, 1.165) is 37.9 Å². The van der Waals surface area contributed by atoms with Crippen molar-refractivity contribution in [3.05, 3.63) is 29.7 Å². The molecule has 144 valence electrons. The van der Waals surface area contributed by atoms with Gasteiger partial charge in [0.25, 0.3) is 5.91 Å². The molecule has 2 fully saturated rings. The van der Waals surface area contributed by atoms with Crippen LogP contribution in [0.4, 0.5) is 0 Å². The number of aromatic nitrogens is 3. The highest BCUT2D eigenvalue weighted by Crippen LogP contribution is 2.39. The first-order valence-corrected chi connectivity index (χ1v) is 9.48. The van der Waals surface area contributed by atoms with Crippen LogP contribution < -0.4 is 0 Å². The molecular weight excluding hydrogens is 346 g/mol. The van der Waals surface area contributed by atoms with Crippen LogP contribution in [-0.2, 0) is 9.53 Å². The van der Waals surface area contributed by atoms with Gasteiger partial charge in [0.05, 0.1) is 24.1 Å². The van der Waals surface area contributed by atoms with Crippen LogP contribution in [0.15, 0.2) is 18.5 Å². The number of nitrogens with zero attached hydrogens (tertiary/aromatic N) is 5. The Balaban J connectivity index is 1.66. The van der Waals surface area contributed by atoms with E-state index in [1.165, 1.54) is 0 Å². The number of hydrogen-bond donors (Lipinski definition) is 0. The molecule has 4 rings (SSSR count). The Morgan fingerprint density at radius 2 is 2.07 bits per heavy atom. The maximum absolute atomic E-state index is 13.4. The maximum atomic E-state index is 13.4. The van der Waals surface area contributed by atoms with Gasteiger partial charge in [-0.05, 0) is 32.6 Å². The lowest BCUT2D eigenvalue weighted by Gasteiger charge is -2.44. The van der Waals surface area contributed by atoms with E-state index >= 15 is 0 Å². The molecule has 0 aromatic carbocycles. The zero-order valence-corrected chi connectivity index (χ0v) is 15.8. The summed E-state index contributed by atoms with van der Waals surface area (Å²) in [5.74, 6) is -0.0701. The van der Waals surface area contributed by atoms with Gasteiger partial charge in [0.15, 0.2) is 5.65 Å². The third-order valence-electron chi connectivity index (χ3n) is 5.89. The topological polar surface area (TPSA) is 80.0 Å². The van der Waals surface area contributed by atoms with Crippen molar-refractivity contribution in [1.29, 1.82) is 0 Å². The van der Waals surface area contributed by atoms with Crippen molar-refractivity contribution in [1.82, 2.24) is 24.4 Å². The van der Waals surface area contributed by atoms with E-state index in [9.17, 15) is 9.59 Å². The minimum absolute atomic E-state index is 0.0578. The van der Waals surface area contributed by atoms with Crippen LogP contribution in [0, 0.1) is 6.92 Å². The van der Waals surface area contributed by atoms with E-state index in [4.69, 9.17) is 4.74 Å². The van der Waals surface area contributed by atoms with E-state index < -0.39 is 5.54 Å². The Hall–Kier alpha value is -2.48. The molecule has 0 radical (unpaired) electrons. The number of fused-ring (bicyclic) bond motifs is 1. The first kappa shape index (κ1) is 17.9. The van der Waals surface area contributed by atoms with Crippen LogP contribution in [0.2, 0.25) is 0 Å². The molecule has 0 N–H and O–H groups in total. The first-order chi connectivity index (χ1) is 13.1. The monoisotopic (exact) mass is 371 g/mol. The molecule has 2 aromatic heterocycles. The van der Waals surface area contributed by atoms with Crippen LogP contribution in [-0.4, -0.2) is 75.1 Å².